The Bertz CT molecular complexity index is 317. The summed E-state index contributed by atoms with van der Waals surface area (Å²) in [6.45, 7) is 2.19. The van der Waals surface area contributed by atoms with Gasteiger partial charge in [0.1, 0.15) is 0 Å². The number of aromatic nitrogens is 2. The summed E-state index contributed by atoms with van der Waals surface area (Å²) in [7, 11) is 1.96. The zero-order chi connectivity index (χ0) is 10.7. The summed E-state index contributed by atoms with van der Waals surface area (Å²) in [5, 5.41) is 16.5. The van der Waals surface area contributed by atoms with Gasteiger partial charge < -0.3 is 10.4 Å². The number of aryl methyl sites for hydroxylation is 1. The largest absolute Gasteiger partial charge is 0.396 e. The quantitative estimate of drug-likeness (QED) is 0.724. The van der Waals surface area contributed by atoms with Crippen molar-refractivity contribution in [3.05, 3.63) is 18.0 Å². The molecule has 1 heterocycles. The third-order valence-corrected chi connectivity index (χ3v) is 3.33. The molecule has 0 atom stereocenters. The molecule has 0 unspecified atom stereocenters. The van der Waals surface area contributed by atoms with Gasteiger partial charge in [-0.1, -0.05) is 0 Å². The number of nitrogens with zero attached hydrogens (tertiary/aromatic N) is 2. The van der Waals surface area contributed by atoms with E-state index in [0.29, 0.717) is 12.0 Å². The number of rotatable bonds is 6. The summed E-state index contributed by atoms with van der Waals surface area (Å²) in [5.41, 5.74) is 1.60. The van der Waals surface area contributed by atoms with E-state index in [9.17, 15) is 0 Å². The van der Waals surface area contributed by atoms with Crippen molar-refractivity contribution in [1.82, 2.24) is 15.1 Å². The van der Waals surface area contributed by atoms with E-state index in [4.69, 9.17) is 5.11 Å². The third kappa shape index (κ3) is 2.58. The number of hydrogen-bond donors (Lipinski definition) is 2. The third-order valence-electron chi connectivity index (χ3n) is 3.33. The number of hydrogen-bond acceptors (Lipinski definition) is 3. The first-order valence-corrected chi connectivity index (χ1v) is 5.54. The Labute approximate surface area is 90.3 Å². The molecule has 84 valence electrons. The van der Waals surface area contributed by atoms with Crippen molar-refractivity contribution in [2.24, 2.45) is 12.5 Å². The fraction of sp³-hybridized carbons (Fsp3) is 0.727. The topological polar surface area (TPSA) is 50.1 Å². The minimum atomic E-state index is 0.313. The molecular formula is C11H19N3O. The maximum absolute atomic E-state index is 8.93. The second kappa shape index (κ2) is 4.33. The minimum absolute atomic E-state index is 0.313. The lowest BCUT2D eigenvalue weighted by Gasteiger charge is -2.14. The van der Waals surface area contributed by atoms with Crippen LogP contribution in [0.4, 0.5) is 0 Å². The molecule has 1 fully saturated rings. The van der Waals surface area contributed by atoms with Crippen molar-refractivity contribution in [3.8, 4) is 0 Å². The van der Waals surface area contributed by atoms with Gasteiger partial charge >= 0.3 is 0 Å². The van der Waals surface area contributed by atoms with Crippen LogP contribution in [0.5, 0.6) is 0 Å². The van der Waals surface area contributed by atoms with Gasteiger partial charge in [-0.25, -0.2) is 0 Å². The predicted molar refractivity (Wildman–Crippen MR) is 58.3 cm³/mol. The molecule has 2 N–H and O–H groups in total. The maximum atomic E-state index is 8.93. The van der Waals surface area contributed by atoms with E-state index in [-0.39, 0.29) is 0 Å². The van der Waals surface area contributed by atoms with E-state index < -0.39 is 0 Å². The highest BCUT2D eigenvalue weighted by Crippen LogP contribution is 2.47. The summed E-state index contributed by atoms with van der Waals surface area (Å²) in [5.74, 6) is 0. The fourth-order valence-electron chi connectivity index (χ4n) is 1.96. The molecule has 2 rings (SSSR count). The van der Waals surface area contributed by atoms with E-state index in [1.807, 2.05) is 24.0 Å². The average molecular weight is 209 g/mol. The van der Waals surface area contributed by atoms with Gasteiger partial charge in [0.25, 0.3) is 0 Å². The highest BCUT2D eigenvalue weighted by Gasteiger charge is 2.41. The molecule has 0 bridgehead atoms. The van der Waals surface area contributed by atoms with Crippen LogP contribution in [0.25, 0.3) is 0 Å². The first-order valence-electron chi connectivity index (χ1n) is 5.54. The highest BCUT2D eigenvalue weighted by atomic mass is 16.3. The molecule has 0 amide bonds. The molecule has 1 aromatic rings. The van der Waals surface area contributed by atoms with Crippen LogP contribution in [0.3, 0.4) is 0 Å². The molecule has 15 heavy (non-hydrogen) atoms. The van der Waals surface area contributed by atoms with Gasteiger partial charge in [0, 0.05) is 32.9 Å². The number of aliphatic hydroxyl groups is 1. The summed E-state index contributed by atoms with van der Waals surface area (Å²) in [6, 6.07) is 2.03. The van der Waals surface area contributed by atoms with Gasteiger partial charge in [0.05, 0.1) is 5.69 Å². The molecule has 1 aliphatic rings. The van der Waals surface area contributed by atoms with Crippen LogP contribution in [0.2, 0.25) is 0 Å². The SMILES string of the molecule is Cn1nccc1CNCC1(CCO)CC1. The smallest absolute Gasteiger partial charge is 0.0518 e. The number of aliphatic hydroxyl groups excluding tert-OH is 1. The lowest BCUT2D eigenvalue weighted by Crippen LogP contribution is -2.25. The second-order valence-corrected chi connectivity index (χ2v) is 4.52. The van der Waals surface area contributed by atoms with Crippen LogP contribution < -0.4 is 5.32 Å². The Balaban J connectivity index is 1.73. The van der Waals surface area contributed by atoms with Crippen molar-refractivity contribution in [3.63, 3.8) is 0 Å². The first kappa shape index (κ1) is 10.6. The van der Waals surface area contributed by atoms with Crippen LogP contribution in [0.15, 0.2) is 12.3 Å². The predicted octanol–water partition coefficient (Wildman–Crippen LogP) is 0.672. The number of nitrogens with one attached hydrogen (secondary N) is 1. The lowest BCUT2D eigenvalue weighted by atomic mass is 10.0. The standard InChI is InChI=1S/C11H19N3O/c1-14-10(2-6-13-14)8-12-9-11(3-4-11)5-7-15/h2,6,12,15H,3-5,7-9H2,1H3. The minimum Gasteiger partial charge on any atom is -0.396 e. The van der Waals surface area contributed by atoms with E-state index in [2.05, 4.69) is 10.4 Å². The summed E-state index contributed by atoms with van der Waals surface area (Å²) >= 11 is 0. The van der Waals surface area contributed by atoms with Crippen molar-refractivity contribution < 1.29 is 5.11 Å². The van der Waals surface area contributed by atoms with Crippen molar-refractivity contribution in [2.45, 2.75) is 25.8 Å². The molecular weight excluding hydrogens is 190 g/mol. The van der Waals surface area contributed by atoms with Crippen LogP contribution >= 0.6 is 0 Å². The van der Waals surface area contributed by atoms with Crippen molar-refractivity contribution >= 4 is 0 Å². The maximum Gasteiger partial charge on any atom is 0.0518 e. The van der Waals surface area contributed by atoms with Gasteiger partial charge in [0.15, 0.2) is 0 Å². The van der Waals surface area contributed by atoms with Gasteiger partial charge in [-0.2, -0.15) is 5.10 Å². The lowest BCUT2D eigenvalue weighted by molar-refractivity contribution is 0.245. The zero-order valence-electron chi connectivity index (χ0n) is 9.24. The molecule has 1 saturated carbocycles. The molecule has 1 aromatic heterocycles. The van der Waals surface area contributed by atoms with Crippen LogP contribution in [-0.4, -0.2) is 28.0 Å². The monoisotopic (exact) mass is 209 g/mol. The first-order chi connectivity index (χ1) is 7.26. The summed E-state index contributed by atoms with van der Waals surface area (Å²) in [6.07, 6.45) is 5.26. The van der Waals surface area contributed by atoms with Gasteiger partial charge in [-0.3, -0.25) is 4.68 Å². The normalized spacial score (nSPS) is 18.0. The average Bonchev–Trinajstić information content (AvgIpc) is 2.85. The van der Waals surface area contributed by atoms with E-state index in [0.717, 1.165) is 19.5 Å². The fourth-order valence-corrected chi connectivity index (χ4v) is 1.96. The molecule has 0 saturated heterocycles. The summed E-state index contributed by atoms with van der Waals surface area (Å²) in [4.78, 5) is 0. The van der Waals surface area contributed by atoms with E-state index in [1.54, 1.807) is 0 Å². The molecule has 4 nitrogen and oxygen atoms in total. The van der Waals surface area contributed by atoms with E-state index >= 15 is 0 Å². The summed E-state index contributed by atoms with van der Waals surface area (Å²) < 4.78 is 1.89. The molecule has 0 radical (unpaired) electrons. The Morgan fingerprint density at radius 1 is 1.60 bits per heavy atom. The molecule has 0 spiro atoms. The molecule has 0 aromatic carbocycles. The van der Waals surface area contributed by atoms with Crippen LogP contribution in [0.1, 0.15) is 25.0 Å². The molecule has 4 heteroatoms. The molecule has 0 aliphatic heterocycles. The van der Waals surface area contributed by atoms with Crippen LogP contribution in [-0.2, 0) is 13.6 Å². The van der Waals surface area contributed by atoms with E-state index in [1.165, 1.54) is 18.5 Å². The van der Waals surface area contributed by atoms with Gasteiger partial charge in [-0.15, -0.1) is 0 Å². The van der Waals surface area contributed by atoms with Gasteiger partial charge in [-0.05, 0) is 30.7 Å². The second-order valence-electron chi connectivity index (χ2n) is 4.52. The van der Waals surface area contributed by atoms with Crippen molar-refractivity contribution in [1.29, 1.82) is 0 Å². The highest BCUT2D eigenvalue weighted by molar-refractivity contribution is 5.00. The Hall–Kier alpha value is -0.870. The zero-order valence-corrected chi connectivity index (χ0v) is 9.24. The Kier molecular flexibility index (Phi) is 3.07. The van der Waals surface area contributed by atoms with Crippen molar-refractivity contribution in [2.75, 3.05) is 13.2 Å². The molecule has 1 aliphatic carbocycles. The van der Waals surface area contributed by atoms with Crippen LogP contribution in [0, 0.1) is 5.41 Å². The van der Waals surface area contributed by atoms with Gasteiger partial charge in [0.2, 0.25) is 0 Å². The Morgan fingerprint density at radius 3 is 2.93 bits per heavy atom. The Morgan fingerprint density at radius 2 is 2.40 bits per heavy atom.